The van der Waals surface area contributed by atoms with Crippen LogP contribution in [-0.4, -0.2) is 110 Å². The summed E-state index contributed by atoms with van der Waals surface area (Å²) in [6.45, 7) is 4.31. The number of nitrogens with one attached hydrogen (secondary N) is 4. The molecule has 2 aliphatic heterocycles. The van der Waals surface area contributed by atoms with Gasteiger partial charge in [0, 0.05) is 56.0 Å². The highest BCUT2D eigenvalue weighted by atomic mass is 32.1. The Labute approximate surface area is 394 Å². The van der Waals surface area contributed by atoms with Gasteiger partial charge < -0.3 is 40.5 Å². The summed E-state index contributed by atoms with van der Waals surface area (Å²) in [5.74, 6) is -5.37. The molecule has 0 bridgehead atoms. The average Bonchev–Trinajstić information content (AvgIpc) is 4.07. The van der Waals surface area contributed by atoms with E-state index in [0.717, 1.165) is 54.4 Å². The summed E-state index contributed by atoms with van der Waals surface area (Å²) in [6, 6.07) is 18.6. The highest BCUT2D eigenvalue weighted by molar-refractivity contribution is 7.14. The van der Waals surface area contributed by atoms with E-state index >= 15 is 4.39 Å². The van der Waals surface area contributed by atoms with Crippen LogP contribution >= 0.6 is 11.3 Å². The largest absolute Gasteiger partial charge is 0.480 e. The van der Waals surface area contributed by atoms with Crippen molar-refractivity contribution in [2.45, 2.75) is 88.8 Å². The number of ether oxygens (including phenoxy) is 2. The van der Waals surface area contributed by atoms with Gasteiger partial charge in [0.25, 0.3) is 5.91 Å². The van der Waals surface area contributed by atoms with Gasteiger partial charge in [0.05, 0.1) is 18.9 Å². The molecule has 3 aliphatic rings. The lowest BCUT2D eigenvalue weighted by molar-refractivity contribution is -0.143. The van der Waals surface area contributed by atoms with Gasteiger partial charge in [0.2, 0.25) is 29.4 Å². The van der Waals surface area contributed by atoms with Crippen LogP contribution in [0.15, 0.2) is 78.2 Å². The van der Waals surface area contributed by atoms with Crippen LogP contribution in [0.3, 0.4) is 0 Å². The molecule has 1 radical (unpaired) electrons. The number of amides is 5. The Morgan fingerprint density at radius 2 is 1.51 bits per heavy atom. The molecule has 3 heterocycles. The average molecular weight is 941 g/mol. The van der Waals surface area contributed by atoms with Crippen LogP contribution in [-0.2, 0) is 28.7 Å². The summed E-state index contributed by atoms with van der Waals surface area (Å²) in [5, 5.41) is 14.2. The van der Waals surface area contributed by atoms with Crippen molar-refractivity contribution in [2.75, 3.05) is 57.4 Å². The fraction of sp³-hybridized carbons (Fsp3) is 0.460. The third-order valence-electron chi connectivity index (χ3n) is 12.7. The number of aromatic nitrogens is 1. The number of likely N-dealkylation sites (tertiary alicyclic amines) is 1. The van der Waals surface area contributed by atoms with E-state index in [0.29, 0.717) is 64.2 Å². The minimum Gasteiger partial charge on any atom is -0.480 e. The molecule has 3 fully saturated rings. The van der Waals surface area contributed by atoms with Crippen LogP contribution in [0.2, 0.25) is 0 Å². The number of unbranched alkanes of at least 4 members (excludes halogenated alkanes) is 1. The summed E-state index contributed by atoms with van der Waals surface area (Å²) in [5.41, 5.74) is 2.24. The van der Waals surface area contributed by atoms with Crippen molar-refractivity contribution in [1.82, 2.24) is 31.2 Å². The van der Waals surface area contributed by atoms with Crippen LogP contribution in [0, 0.1) is 24.0 Å². The number of halogens is 2. The van der Waals surface area contributed by atoms with Crippen molar-refractivity contribution in [3.05, 3.63) is 107 Å². The smallest absolute Gasteiger partial charge is 0.257 e. The molecule has 1 aromatic heterocycles. The highest BCUT2D eigenvalue weighted by Crippen LogP contribution is 2.37. The van der Waals surface area contributed by atoms with Gasteiger partial charge in [0.1, 0.15) is 18.1 Å². The first-order chi connectivity index (χ1) is 32.6. The van der Waals surface area contributed by atoms with Gasteiger partial charge in [-0.3, -0.25) is 24.0 Å². The Hall–Kier alpha value is -5.94. The lowest BCUT2D eigenvalue weighted by atomic mass is 9.83. The molecule has 0 spiro atoms. The predicted octanol–water partition coefficient (Wildman–Crippen LogP) is 5.91. The van der Waals surface area contributed by atoms with Gasteiger partial charge in [-0.25, -0.2) is 9.37 Å². The van der Waals surface area contributed by atoms with Crippen molar-refractivity contribution in [3.8, 4) is 17.0 Å². The topological polar surface area (TPSA) is 171 Å². The Kier molecular flexibility index (Phi) is 17.7. The number of nitrogens with zero attached hydrogens (tertiary/aromatic N) is 3. The van der Waals surface area contributed by atoms with Gasteiger partial charge in [-0.2, -0.15) is 4.39 Å². The second-order valence-electron chi connectivity index (χ2n) is 17.1. The Morgan fingerprint density at radius 3 is 2.18 bits per heavy atom. The lowest BCUT2D eigenvalue weighted by Crippen LogP contribution is -2.58. The van der Waals surface area contributed by atoms with Crippen molar-refractivity contribution >= 4 is 46.0 Å². The van der Waals surface area contributed by atoms with Crippen molar-refractivity contribution < 1.29 is 42.2 Å². The number of rotatable bonds is 20. The summed E-state index contributed by atoms with van der Waals surface area (Å²) in [4.78, 5) is 76.8. The summed E-state index contributed by atoms with van der Waals surface area (Å²) in [7, 11) is 0. The fourth-order valence-electron chi connectivity index (χ4n) is 9.17. The standard InChI is InChI=1S/C50H60F2N7O7S/c1-2-40(60)56-44(35-19-10-5-11-20-35)49(64)59-26-14-21-39(59)47(62)57-45(42(33-15-6-3-7-16-33)34-17-8-4-9-18-34)48(63)54-25-13-12-24-53-41(61)31-66-46-36(22-23-37(51)43(46)52)38-32-67-50(55-38)58-27-29-65-30-28-58/h2-4,6-9,15-18,22-23,32,35,39,42,44-45H,5,10-14,19-21,24-31H2,1H3,(H,53,61)(H,54,63)(H,56,60)(H,57,62)/t39-,44-,45-/m0/s1. The lowest BCUT2D eigenvalue weighted by Gasteiger charge is -2.35. The van der Waals surface area contributed by atoms with E-state index in [1.165, 1.54) is 23.8 Å². The molecule has 7 rings (SSSR count). The SMILES string of the molecule is C[CH]C(=O)N[C@H](C(=O)N1CCC[C@H]1C(=O)N[C@H](C(=O)NCCCCNC(=O)COc1c(-c2csc(N3CCOCC3)n2)ccc(F)c1F)C(c1ccccc1)c1ccccc1)C1CCCCC1. The number of hydrogen-bond acceptors (Lipinski definition) is 10. The first kappa shape index (κ1) is 49.0. The molecule has 67 heavy (non-hydrogen) atoms. The molecule has 1 aliphatic carbocycles. The first-order valence-corrected chi connectivity index (χ1v) is 24.2. The van der Waals surface area contributed by atoms with Crippen molar-refractivity contribution in [3.63, 3.8) is 0 Å². The number of benzene rings is 3. The van der Waals surface area contributed by atoms with E-state index in [-0.39, 0.29) is 36.4 Å². The van der Waals surface area contributed by atoms with E-state index < -0.39 is 65.8 Å². The zero-order valence-corrected chi connectivity index (χ0v) is 38.7. The third kappa shape index (κ3) is 12.7. The maximum Gasteiger partial charge on any atom is 0.257 e. The van der Waals surface area contributed by atoms with Crippen molar-refractivity contribution in [2.24, 2.45) is 5.92 Å². The Balaban J connectivity index is 0.971. The quantitative estimate of drug-likeness (QED) is 0.0787. The molecule has 14 nitrogen and oxygen atoms in total. The maximum absolute atomic E-state index is 15.1. The van der Waals surface area contributed by atoms with Crippen LogP contribution in [0.1, 0.15) is 81.8 Å². The number of hydrogen-bond donors (Lipinski definition) is 4. The van der Waals surface area contributed by atoms with Gasteiger partial charge in [-0.1, -0.05) is 86.8 Å². The monoisotopic (exact) mass is 940 g/mol. The summed E-state index contributed by atoms with van der Waals surface area (Å²) >= 11 is 1.37. The number of carbonyl (C=O) groups excluding carboxylic acids is 5. The maximum atomic E-state index is 15.1. The second-order valence-corrected chi connectivity index (χ2v) is 18.0. The number of anilines is 1. The fourth-order valence-corrected chi connectivity index (χ4v) is 10.0. The van der Waals surface area contributed by atoms with E-state index in [2.05, 4.69) is 31.2 Å². The van der Waals surface area contributed by atoms with Crippen LogP contribution < -0.4 is 30.9 Å². The molecule has 3 aromatic carbocycles. The molecule has 1 saturated carbocycles. The number of thiazole rings is 1. The zero-order valence-electron chi connectivity index (χ0n) is 37.9. The molecular weight excluding hydrogens is 881 g/mol. The van der Waals surface area contributed by atoms with Gasteiger partial charge in [-0.05, 0) is 67.7 Å². The third-order valence-corrected chi connectivity index (χ3v) is 13.6. The van der Waals surface area contributed by atoms with Crippen LogP contribution in [0.5, 0.6) is 5.75 Å². The molecule has 2 saturated heterocycles. The Morgan fingerprint density at radius 1 is 0.836 bits per heavy atom. The molecule has 0 unspecified atom stereocenters. The van der Waals surface area contributed by atoms with E-state index in [4.69, 9.17) is 9.47 Å². The number of carbonyl (C=O) groups is 5. The van der Waals surface area contributed by atoms with E-state index in [9.17, 15) is 28.4 Å². The van der Waals surface area contributed by atoms with E-state index in [1.54, 1.807) is 17.2 Å². The molecule has 3 atom stereocenters. The van der Waals surface area contributed by atoms with Crippen molar-refractivity contribution in [1.29, 1.82) is 0 Å². The normalized spacial score (nSPS) is 17.4. The second kappa shape index (κ2) is 24.2. The molecular formula is C50H60F2N7O7S. The van der Waals surface area contributed by atoms with Gasteiger partial charge >= 0.3 is 0 Å². The minimum absolute atomic E-state index is 0.0300. The molecule has 17 heteroatoms. The minimum atomic E-state index is -1.22. The highest BCUT2D eigenvalue weighted by Gasteiger charge is 2.42. The van der Waals surface area contributed by atoms with Gasteiger partial charge in [0.15, 0.2) is 23.3 Å². The zero-order chi connectivity index (χ0) is 47.1. The molecule has 357 valence electrons. The number of morpholine rings is 1. The first-order valence-electron chi connectivity index (χ1n) is 23.4. The van der Waals surface area contributed by atoms with Gasteiger partial charge in [-0.15, -0.1) is 11.3 Å². The molecule has 4 N–H and O–H groups in total. The van der Waals surface area contributed by atoms with Crippen LogP contribution in [0.25, 0.3) is 11.3 Å². The predicted molar refractivity (Wildman–Crippen MR) is 251 cm³/mol. The van der Waals surface area contributed by atoms with E-state index in [1.807, 2.05) is 60.7 Å². The molecule has 5 amide bonds. The molecule has 4 aromatic rings. The summed E-state index contributed by atoms with van der Waals surface area (Å²) < 4.78 is 40.4. The summed E-state index contributed by atoms with van der Waals surface area (Å²) in [6.07, 6.45) is 7.98. The van der Waals surface area contributed by atoms with Crippen LogP contribution in [0.4, 0.5) is 13.9 Å². The Bertz CT molecular complexity index is 2250.